The third-order valence-electron chi connectivity index (χ3n) is 5.61. The zero-order chi connectivity index (χ0) is 13.8. The molecule has 1 heteroatoms. The van der Waals surface area contributed by atoms with Gasteiger partial charge in [-0.15, -0.1) is 0 Å². The van der Waals surface area contributed by atoms with Crippen molar-refractivity contribution >= 4 is 7.92 Å². The first-order chi connectivity index (χ1) is 9.86. The molecule has 0 saturated heterocycles. The van der Waals surface area contributed by atoms with Crippen LogP contribution in [0.25, 0.3) is 0 Å². The largest absolute Gasteiger partial charge is 0.213 e. The van der Waals surface area contributed by atoms with Crippen molar-refractivity contribution in [3.8, 4) is 0 Å². The van der Waals surface area contributed by atoms with E-state index in [1.54, 1.807) is 5.56 Å². The van der Waals surface area contributed by atoms with Crippen LogP contribution in [0, 0.1) is 0 Å². The summed E-state index contributed by atoms with van der Waals surface area (Å²) in [6.07, 6.45) is 15.1. The van der Waals surface area contributed by atoms with Crippen LogP contribution < -0.4 is 0 Å². The van der Waals surface area contributed by atoms with Gasteiger partial charge in [-0.2, -0.15) is 17.7 Å². The highest BCUT2D eigenvalue weighted by atomic mass is 31.1. The Bertz CT molecular complexity index is 350. The van der Waals surface area contributed by atoms with Crippen molar-refractivity contribution < 1.29 is 0 Å². The van der Waals surface area contributed by atoms with E-state index in [4.69, 9.17) is 0 Å². The molecule has 1 atom stereocenters. The Balaban J connectivity index is 1.77. The lowest BCUT2D eigenvalue weighted by Gasteiger charge is -2.43. The van der Waals surface area contributed by atoms with Gasteiger partial charge >= 0.3 is 0 Å². The summed E-state index contributed by atoms with van der Waals surface area (Å²) >= 11 is 0. The van der Waals surface area contributed by atoms with E-state index < -0.39 is 0 Å². The summed E-state index contributed by atoms with van der Waals surface area (Å²) in [5.41, 5.74) is 4.62. The predicted octanol–water partition coefficient (Wildman–Crippen LogP) is 6.61. The molecule has 0 aliphatic heterocycles. The fraction of sp³-hybridized carbons (Fsp3) is 0.737. The van der Waals surface area contributed by atoms with Crippen molar-refractivity contribution in [3.05, 3.63) is 29.8 Å². The van der Waals surface area contributed by atoms with E-state index in [9.17, 15) is 0 Å². The lowest BCUT2D eigenvalue weighted by atomic mass is 9.99. The summed E-state index contributed by atoms with van der Waals surface area (Å²) in [6.45, 7) is 2.55. The Hall–Kier alpha value is -0.220. The maximum Gasteiger partial charge on any atom is -0.0202 e. The Morgan fingerprint density at radius 3 is 1.95 bits per heavy atom. The fourth-order valence-corrected chi connectivity index (χ4v) is 8.83. The second kappa shape index (κ2) is 7.17. The average molecular weight is 289 g/mol. The van der Waals surface area contributed by atoms with E-state index in [1.165, 1.54) is 64.2 Å². The van der Waals surface area contributed by atoms with Gasteiger partial charge < -0.3 is 0 Å². The molecule has 1 aromatic rings. The molecule has 0 spiro atoms. The second-order valence-electron chi connectivity index (χ2n) is 6.93. The second-order valence-corrected chi connectivity index (χ2v) is 10.1. The Morgan fingerprint density at radius 2 is 1.50 bits per heavy atom. The molecule has 1 aromatic carbocycles. The fourth-order valence-electron chi connectivity index (χ4n) is 4.53. The topological polar surface area (TPSA) is 0 Å². The molecule has 2 fully saturated rings. The van der Waals surface area contributed by atoms with Gasteiger partial charge in [0.05, 0.1) is 0 Å². The van der Waals surface area contributed by atoms with Gasteiger partial charge in [0.25, 0.3) is 0 Å². The minimum atomic E-state index is 0.191. The molecule has 0 aromatic heterocycles. The van der Waals surface area contributed by atoms with Crippen molar-refractivity contribution in [3.63, 3.8) is 0 Å². The van der Waals surface area contributed by atoms with Crippen LogP contribution in [-0.2, 0) is 0 Å². The maximum atomic E-state index is 2.55. The Morgan fingerprint density at radius 1 is 0.950 bits per heavy atom. The van der Waals surface area contributed by atoms with Crippen molar-refractivity contribution in [2.24, 2.45) is 0 Å². The molecule has 2 aliphatic carbocycles. The smallest absolute Gasteiger partial charge is 0.0202 e. The molecular weight excluding hydrogens is 259 g/mol. The first-order valence-corrected chi connectivity index (χ1v) is 10.4. The Labute approximate surface area is 126 Å². The first kappa shape index (κ1) is 14.7. The molecule has 0 N–H and O–H groups in total. The Kier molecular flexibility index (Phi) is 5.27. The van der Waals surface area contributed by atoms with E-state index in [0.717, 1.165) is 17.0 Å². The summed E-state index contributed by atoms with van der Waals surface area (Å²) in [4.78, 5) is 0. The number of rotatable bonds is 4. The highest BCUT2D eigenvalue weighted by molar-refractivity contribution is 7.59. The summed E-state index contributed by atoms with van der Waals surface area (Å²) in [7, 11) is 0.191. The third kappa shape index (κ3) is 3.33. The lowest BCUT2D eigenvalue weighted by molar-refractivity contribution is 0.481. The number of hydrogen-bond donors (Lipinski definition) is 0. The molecule has 0 unspecified atom stereocenters. The van der Waals surface area contributed by atoms with Crippen LogP contribution in [0.1, 0.15) is 82.4 Å². The summed E-state index contributed by atoms with van der Waals surface area (Å²) in [5.74, 6) is 0. The lowest BCUT2D eigenvalue weighted by Crippen LogP contribution is -2.22. The monoisotopic (exact) mass is 289 g/mol. The number of hydrogen-bond acceptors (Lipinski definition) is 0. The summed E-state index contributed by atoms with van der Waals surface area (Å²) in [6, 6.07) is 9.24. The van der Waals surface area contributed by atoms with Crippen LogP contribution in [0.4, 0.5) is 0 Å². The van der Waals surface area contributed by atoms with E-state index in [2.05, 4.69) is 31.2 Å². The molecular formula is C19H30P-. The van der Waals surface area contributed by atoms with Gasteiger partial charge in [-0.1, -0.05) is 53.4 Å². The minimum Gasteiger partial charge on any atom is -0.213 e. The van der Waals surface area contributed by atoms with E-state index in [0.29, 0.717) is 0 Å². The quantitative estimate of drug-likeness (QED) is 0.432. The molecule has 0 amide bonds. The molecule has 0 bridgehead atoms. The van der Waals surface area contributed by atoms with Crippen LogP contribution in [0.15, 0.2) is 24.3 Å². The molecule has 112 valence electrons. The SMILES string of the molecule is C[C@H](c1ccc[cH-]1)P(C1CCCCC1)C1CCCCC1. The van der Waals surface area contributed by atoms with Crippen LogP contribution in [0.2, 0.25) is 0 Å². The van der Waals surface area contributed by atoms with Crippen LogP contribution in [-0.4, -0.2) is 11.3 Å². The van der Waals surface area contributed by atoms with Gasteiger partial charge in [0.15, 0.2) is 0 Å². The predicted molar refractivity (Wildman–Crippen MR) is 91.1 cm³/mol. The zero-order valence-electron chi connectivity index (χ0n) is 13.1. The van der Waals surface area contributed by atoms with Crippen molar-refractivity contribution in [1.82, 2.24) is 0 Å². The van der Waals surface area contributed by atoms with Gasteiger partial charge in [-0.3, -0.25) is 0 Å². The van der Waals surface area contributed by atoms with Gasteiger partial charge in [-0.25, -0.2) is 12.1 Å². The molecule has 20 heavy (non-hydrogen) atoms. The molecule has 0 radical (unpaired) electrons. The molecule has 0 heterocycles. The molecule has 0 nitrogen and oxygen atoms in total. The van der Waals surface area contributed by atoms with E-state index in [1.807, 2.05) is 0 Å². The van der Waals surface area contributed by atoms with Gasteiger partial charge in [-0.05, 0) is 42.7 Å². The van der Waals surface area contributed by atoms with Crippen molar-refractivity contribution in [1.29, 1.82) is 0 Å². The normalized spacial score (nSPS) is 24.1. The maximum absolute atomic E-state index is 2.55. The van der Waals surface area contributed by atoms with Crippen LogP contribution in [0.3, 0.4) is 0 Å². The van der Waals surface area contributed by atoms with Gasteiger partial charge in [0, 0.05) is 0 Å². The summed E-state index contributed by atoms with van der Waals surface area (Å²) in [5, 5.41) is 0. The van der Waals surface area contributed by atoms with E-state index in [-0.39, 0.29) is 7.92 Å². The molecule has 2 saturated carbocycles. The standard InChI is InChI=1S/C19H30P/c1-16(17-10-8-9-11-17)20(18-12-4-2-5-13-18)19-14-6-3-7-15-19/h8-11,16,18-19H,2-7,12-15H2,1H3/q-1/t16-/m1/s1. The minimum absolute atomic E-state index is 0.191. The average Bonchev–Trinajstić information content (AvgIpc) is 3.04. The molecule has 2 aliphatic rings. The zero-order valence-corrected chi connectivity index (χ0v) is 14.0. The highest BCUT2D eigenvalue weighted by Crippen LogP contribution is 2.64. The first-order valence-electron chi connectivity index (χ1n) is 8.85. The van der Waals surface area contributed by atoms with Crippen molar-refractivity contribution in [2.75, 3.05) is 0 Å². The van der Waals surface area contributed by atoms with Crippen molar-refractivity contribution in [2.45, 2.75) is 88.1 Å². The van der Waals surface area contributed by atoms with Crippen LogP contribution >= 0.6 is 7.92 Å². The van der Waals surface area contributed by atoms with Gasteiger partial charge in [0.2, 0.25) is 0 Å². The van der Waals surface area contributed by atoms with Crippen LogP contribution in [0.5, 0.6) is 0 Å². The van der Waals surface area contributed by atoms with E-state index >= 15 is 0 Å². The summed E-state index contributed by atoms with van der Waals surface area (Å²) < 4.78 is 0. The third-order valence-corrected chi connectivity index (χ3v) is 9.52. The highest BCUT2D eigenvalue weighted by Gasteiger charge is 2.33. The van der Waals surface area contributed by atoms with Gasteiger partial charge in [0.1, 0.15) is 0 Å². The molecule has 3 rings (SSSR count).